The van der Waals surface area contributed by atoms with Gasteiger partial charge in [0.1, 0.15) is 11.2 Å². The largest absolute Gasteiger partial charge is 0.504 e. The smallest absolute Gasteiger partial charge is 0.289 e. The Morgan fingerprint density at radius 1 is 0.636 bits per heavy atom. The molecule has 0 aromatic heterocycles. The minimum absolute atomic E-state index is 0.0630. The molecule has 0 spiro atoms. The minimum Gasteiger partial charge on any atom is -0.504 e. The van der Waals surface area contributed by atoms with Crippen molar-refractivity contribution in [1.82, 2.24) is 0 Å². The lowest BCUT2D eigenvalue weighted by molar-refractivity contribution is -0.190. The summed E-state index contributed by atoms with van der Waals surface area (Å²) in [6.45, 7) is 4.49. The van der Waals surface area contributed by atoms with Crippen LogP contribution in [0.4, 0.5) is 0 Å². The van der Waals surface area contributed by atoms with E-state index in [1.54, 1.807) is 0 Å². The Labute approximate surface area is 334 Å². The number of rotatable bonds is 32. The first kappa shape index (κ1) is 46.3. The molecule has 1 aliphatic heterocycles. The quantitative estimate of drug-likeness (QED) is 0.0556. The standard InChI is InChI=1S/C48H76O7/c1-5-7-9-11-13-15-17-19-21-23-25-27-29-31-33-35-39-44-40(37-41(53-3)45(39)50)55-48(52)43(49)38-42(54-4)46(51)47(44,48)36-34-32-30-28-26-24-22-20-18-16-14-12-10-8-6-2/h15-18,37-38,50,52H,5-14,19-36H2,1-4H3. The van der Waals surface area contributed by atoms with Gasteiger partial charge in [-0.1, -0.05) is 147 Å². The van der Waals surface area contributed by atoms with Gasteiger partial charge in [-0.3, -0.25) is 9.59 Å². The van der Waals surface area contributed by atoms with Crippen molar-refractivity contribution in [1.29, 1.82) is 0 Å². The fraction of sp³-hybridized carbons (Fsp3) is 0.708. The third-order valence-electron chi connectivity index (χ3n) is 11.7. The Morgan fingerprint density at radius 3 is 1.56 bits per heavy atom. The maximum atomic E-state index is 14.4. The molecule has 1 aliphatic carbocycles. The van der Waals surface area contributed by atoms with E-state index in [9.17, 15) is 19.8 Å². The molecule has 0 fully saturated rings. The van der Waals surface area contributed by atoms with Gasteiger partial charge in [-0.2, -0.15) is 0 Å². The number of phenolic OH excluding ortho intramolecular Hbond substituents is 1. The van der Waals surface area contributed by atoms with Crippen molar-refractivity contribution in [2.24, 2.45) is 0 Å². The summed E-state index contributed by atoms with van der Waals surface area (Å²) in [5.74, 6) is -3.37. The highest BCUT2D eigenvalue weighted by molar-refractivity contribution is 6.18. The molecule has 1 heterocycles. The Bertz CT molecular complexity index is 1380. The van der Waals surface area contributed by atoms with Gasteiger partial charge in [0.2, 0.25) is 11.6 Å². The van der Waals surface area contributed by atoms with Crippen molar-refractivity contribution in [2.75, 3.05) is 14.2 Å². The Balaban J connectivity index is 1.58. The Kier molecular flexibility index (Phi) is 21.9. The fourth-order valence-corrected chi connectivity index (χ4v) is 8.45. The van der Waals surface area contributed by atoms with Crippen LogP contribution in [-0.2, 0) is 26.2 Å². The maximum Gasteiger partial charge on any atom is 0.289 e. The summed E-state index contributed by atoms with van der Waals surface area (Å²) < 4.78 is 17.0. The minimum atomic E-state index is -2.42. The Hall–Kier alpha value is -3.06. The number of ketones is 2. The predicted octanol–water partition coefficient (Wildman–Crippen LogP) is 12.6. The molecular weight excluding hydrogens is 689 g/mol. The zero-order valence-corrected chi connectivity index (χ0v) is 35.2. The number of fused-ring (bicyclic) bond motifs is 3. The second kappa shape index (κ2) is 26.0. The van der Waals surface area contributed by atoms with Crippen LogP contribution in [0.5, 0.6) is 17.2 Å². The van der Waals surface area contributed by atoms with Crippen LogP contribution < -0.4 is 9.47 Å². The van der Waals surface area contributed by atoms with Crippen LogP contribution in [0.1, 0.15) is 198 Å². The van der Waals surface area contributed by atoms with Crippen molar-refractivity contribution >= 4 is 11.6 Å². The molecule has 3 rings (SSSR count). The molecule has 310 valence electrons. The first-order chi connectivity index (χ1) is 26.8. The number of carbonyl (C=O) groups excluding carboxylic acids is 2. The summed E-state index contributed by atoms with van der Waals surface area (Å²) in [7, 11) is 2.84. The molecule has 1 aromatic rings. The van der Waals surface area contributed by atoms with Crippen LogP contribution in [0.25, 0.3) is 0 Å². The summed E-state index contributed by atoms with van der Waals surface area (Å²) in [6.07, 6.45) is 41.0. The molecule has 7 nitrogen and oxygen atoms in total. The number of unbranched alkanes of at least 4 members (excludes halogenated alkanes) is 22. The lowest BCUT2D eigenvalue weighted by Gasteiger charge is -2.41. The van der Waals surface area contributed by atoms with Gasteiger partial charge in [-0.05, 0) is 70.6 Å². The zero-order valence-electron chi connectivity index (χ0n) is 35.2. The number of carbonyl (C=O) groups is 2. The van der Waals surface area contributed by atoms with Crippen molar-refractivity contribution < 1.29 is 34.0 Å². The molecule has 2 N–H and O–H groups in total. The lowest BCUT2D eigenvalue weighted by Crippen LogP contribution is -2.63. The molecule has 2 unspecified atom stereocenters. The van der Waals surface area contributed by atoms with Crippen LogP contribution in [-0.4, -0.2) is 41.8 Å². The van der Waals surface area contributed by atoms with Gasteiger partial charge in [0.05, 0.1) is 14.2 Å². The highest BCUT2D eigenvalue weighted by atomic mass is 16.6. The van der Waals surface area contributed by atoms with Crippen molar-refractivity contribution in [3.8, 4) is 17.2 Å². The molecule has 1 aromatic carbocycles. The molecule has 0 saturated carbocycles. The zero-order chi connectivity index (χ0) is 39.8. The average Bonchev–Trinajstić information content (AvgIpc) is 3.45. The normalized spacial score (nSPS) is 19.3. The van der Waals surface area contributed by atoms with E-state index in [4.69, 9.17) is 14.2 Å². The fourth-order valence-electron chi connectivity index (χ4n) is 8.45. The number of aromatic hydroxyl groups is 1. The number of benzene rings is 1. The van der Waals surface area contributed by atoms with Gasteiger partial charge in [-0.25, -0.2) is 0 Å². The molecule has 0 amide bonds. The van der Waals surface area contributed by atoms with Gasteiger partial charge in [0.25, 0.3) is 5.79 Å². The molecule has 7 heteroatoms. The first-order valence-corrected chi connectivity index (χ1v) is 22.3. The Morgan fingerprint density at radius 2 is 1.09 bits per heavy atom. The van der Waals surface area contributed by atoms with Crippen molar-refractivity contribution in [3.05, 3.63) is 53.3 Å². The van der Waals surface area contributed by atoms with Crippen LogP contribution >= 0.6 is 0 Å². The van der Waals surface area contributed by atoms with Crippen LogP contribution in [0.3, 0.4) is 0 Å². The average molecular weight is 765 g/mol. The number of aliphatic hydroxyl groups is 1. The van der Waals surface area contributed by atoms with Crippen molar-refractivity contribution in [2.45, 2.75) is 205 Å². The van der Waals surface area contributed by atoms with Crippen LogP contribution in [0.15, 0.2) is 42.2 Å². The van der Waals surface area contributed by atoms with Gasteiger partial charge in [0.15, 0.2) is 17.3 Å². The highest BCUT2D eigenvalue weighted by Gasteiger charge is 2.71. The topological polar surface area (TPSA) is 102 Å². The van der Waals surface area contributed by atoms with Gasteiger partial charge >= 0.3 is 0 Å². The number of hydrogen-bond donors (Lipinski definition) is 2. The second-order valence-corrected chi connectivity index (χ2v) is 16.0. The van der Waals surface area contributed by atoms with E-state index in [1.807, 2.05) is 0 Å². The number of hydrogen-bond acceptors (Lipinski definition) is 7. The molecule has 0 saturated heterocycles. The van der Waals surface area contributed by atoms with Gasteiger partial charge in [-0.15, -0.1) is 0 Å². The summed E-state index contributed by atoms with van der Waals surface area (Å²) in [5, 5.41) is 23.6. The number of ether oxygens (including phenoxy) is 3. The van der Waals surface area contributed by atoms with E-state index < -0.39 is 22.8 Å². The number of methoxy groups -OCH3 is 2. The summed E-state index contributed by atoms with van der Waals surface area (Å²) >= 11 is 0. The molecule has 55 heavy (non-hydrogen) atoms. The van der Waals surface area contributed by atoms with Gasteiger partial charge in [0, 0.05) is 23.3 Å². The van der Waals surface area contributed by atoms with Gasteiger partial charge < -0.3 is 24.4 Å². The predicted molar refractivity (Wildman–Crippen MR) is 225 cm³/mol. The molecule has 2 atom stereocenters. The van der Waals surface area contributed by atoms with Crippen molar-refractivity contribution in [3.63, 3.8) is 0 Å². The van der Waals surface area contributed by atoms with Crippen LogP contribution in [0, 0.1) is 0 Å². The SMILES string of the molecule is CCCCCCC=CCCCCCCCCCc1c(O)c(OC)cc2c1C1(CCCCCCCCCC=CCCCCCC)C(=O)C(OC)=CC(=O)C1(O)O2. The highest BCUT2D eigenvalue weighted by Crippen LogP contribution is 2.59. The molecule has 2 aliphatic rings. The van der Waals surface area contributed by atoms with E-state index in [-0.39, 0.29) is 29.4 Å². The number of allylic oxidation sites excluding steroid dienone is 5. The second-order valence-electron chi connectivity index (χ2n) is 16.0. The molecular formula is C48H76O7. The maximum absolute atomic E-state index is 14.4. The van der Waals surface area contributed by atoms with E-state index in [0.29, 0.717) is 24.0 Å². The number of phenols is 1. The van der Waals surface area contributed by atoms with E-state index in [0.717, 1.165) is 70.3 Å². The third kappa shape index (κ3) is 13.3. The summed E-state index contributed by atoms with van der Waals surface area (Å²) in [5.41, 5.74) is -0.794. The first-order valence-electron chi connectivity index (χ1n) is 22.3. The monoisotopic (exact) mass is 765 g/mol. The number of Topliss-reactive ketones (excluding diaryl/α,β-unsaturated/α-hetero) is 1. The lowest BCUT2D eigenvalue weighted by atomic mass is 9.62. The van der Waals surface area contributed by atoms with E-state index in [2.05, 4.69) is 38.2 Å². The van der Waals surface area contributed by atoms with E-state index >= 15 is 0 Å². The third-order valence-corrected chi connectivity index (χ3v) is 11.7. The summed E-state index contributed by atoms with van der Waals surface area (Å²) in [4.78, 5) is 28.0. The van der Waals surface area contributed by atoms with Crippen LogP contribution in [0.2, 0.25) is 0 Å². The summed E-state index contributed by atoms with van der Waals surface area (Å²) in [6, 6.07) is 1.50. The van der Waals surface area contributed by atoms with E-state index in [1.165, 1.54) is 117 Å². The molecule has 0 bridgehead atoms. The molecule has 0 radical (unpaired) electrons.